The Bertz CT molecular complexity index is 1360. The zero-order chi connectivity index (χ0) is 30.7. The topological polar surface area (TPSA) is 81.5 Å². The maximum atomic E-state index is 12.5. The van der Waals surface area contributed by atoms with Crippen LogP contribution in [0.15, 0.2) is 48.5 Å². The molecule has 1 aliphatic heterocycles. The molecule has 0 saturated carbocycles. The highest BCUT2D eigenvalue weighted by atomic mass is 35.5. The van der Waals surface area contributed by atoms with Crippen molar-refractivity contribution in [2.45, 2.75) is 97.2 Å². The third-order valence-corrected chi connectivity index (χ3v) is 12.9. The van der Waals surface area contributed by atoms with Crippen LogP contribution < -0.4 is 10.2 Å². The van der Waals surface area contributed by atoms with Crippen molar-refractivity contribution in [2.24, 2.45) is 0 Å². The van der Waals surface area contributed by atoms with Crippen LogP contribution in [0, 0.1) is 0 Å². The van der Waals surface area contributed by atoms with E-state index in [1.165, 1.54) is 5.56 Å². The van der Waals surface area contributed by atoms with Crippen molar-refractivity contribution in [3.63, 3.8) is 0 Å². The second-order valence-electron chi connectivity index (χ2n) is 13.6. The van der Waals surface area contributed by atoms with Gasteiger partial charge >= 0.3 is 6.09 Å². The van der Waals surface area contributed by atoms with Crippen LogP contribution in [0.25, 0.3) is 5.69 Å². The average molecular weight is 612 g/mol. The van der Waals surface area contributed by atoms with E-state index in [4.69, 9.17) is 20.8 Å². The molecule has 1 fully saturated rings. The SMILES string of the molecule is CC(C)(C)OC(=O)NCc1nnc(N2CCC(c3ccccc3)CC2)n1-c1ccc(Cl)cc1CO[Si](C)(C)C(C)(C)C. The summed E-state index contributed by atoms with van der Waals surface area (Å²) in [6, 6.07) is 16.5. The number of amides is 1. The van der Waals surface area contributed by atoms with Crippen molar-refractivity contribution >= 4 is 32.0 Å². The highest BCUT2D eigenvalue weighted by Crippen LogP contribution is 2.38. The number of ether oxygens (including phenoxy) is 1. The number of nitrogens with one attached hydrogen (secondary N) is 1. The van der Waals surface area contributed by atoms with Crippen LogP contribution in [0.3, 0.4) is 0 Å². The lowest BCUT2D eigenvalue weighted by Gasteiger charge is -2.36. The Morgan fingerprint density at radius 2 is 1.69 bits per heavy atom. The fourth-order valence-corrected chi connectivity index (χ4v) is 5.98. The van der Waals surface area contributed by atoms with Gasteiger partial charge in [0.05, 0.1) is 18.8 Å². The van der Waals surface area contributed by atoms with Crippen molar-refractivity contribution in [1.82, 2.24) is 20.1 Å². The summed E-state index contributed by atoms with van der Waals surface area (Å²) in [5, 5.41) is 12.8. The van der Waals surface area contributed by atoms with Gasteiger partial charge in [0, 0.05) is 23.7 Å². The molecule has 42 heavy (non-hydrogen) atoms. The van der Waals surface area contributed by atoms with Crippen molar-refractivity contribution in [2.75, 3.05) is 18.0 Å². The van der Waals surface area contributed by atoms with Gasteiger partial charge in [-0.2, -0.15) is 0 Å². The molecule has 1 aliphatic rings. The number of nitrogens with zero attached hydrogens (tertiary/aromatic N) is 4. The average Bonchev–Trinajstić information content (AvgIpc) is 3.33. The minimum absolute atomic E-state index is 0.0685. The molecule has 0 unspecified atom stereocenters. The molecule has 3 aromatic rings. The number of rotatable bonds is 8. The summed E-state index contributed by atoms with van der Waals surface area (Å²) in [7, 11) is -2.03. The zero-order valence-electron chi connectivity index (χ0n) is 26.3. The lowest BCUT2D eigenvalue weighted by molar-refractivity contribution is 0.0522. The molecule has 0 bridgehead atoms. The number of carbonyl (C=O) groups excluding carboxylic acids is 1. The van der Waals surface area contributed by atoms with Crippen molar-refractivity contribution < 1.29 is 14.0 Å². The van der Waals surface area contributed by atoms with E-state index in [-0.39, 0.29) is 11.6 Å². The van der Waals surface area contributed by atoms with Gasteiger partial charge in [0.15, 0.2) is 14.1 Å². The molecule has 0 aliphatic carbocycles. The minimum atomic E-state index is -2.03. The summed E-state index contributed by atoms with van der Waals surface area (Å²) in [6.07, 6.45) is 1.54. The second kappa shape index (κ2) is 12.8. The highest BCUT2D eigenvalue weighted by molar-refractivity contribution is 6.74. The first-order chi connectivity index (χ1) is 19.6. The molecule has 4 rings (SSSR count). The van der Waals surface area contributed by atoms with Crippen LogP contribution in [0.4, 0.5) is 10.7 Å². The van der Waals surface area contributed by atoms with Crippen molar-refractivity contribution in [1.29, 1.82) is 0 Å². The Labute approximate surface area is 256 Å². The number of anilines is 1. The molecule has 1 amide bonds. The van der Waals surface area contributed by atoms with Gasteiger partial charge in [0.2, 0.25) is 5.95 Å². The van der Waals surface area contributed by atoms with E-state index in [1.54, 1.807) is 0 Å². The highest BCUT2D eigenvalue weighted by Gasteiger charge is 2.37. The molecule has 2 heterocycles. The summed E-state index contributed by atoms with van der Waals surface area (Å²) in [5.41, 5.74) is 2.62. The Morgan fingerprint density at radius 3 is 2.31 bits per heavy atom. The van der Waals surface area contributed by atoms with Gasteiger partial charge in [-0.3, -0.25) is 4.57 Å². The van der Waals surface area contributed by atoms with Crippen LogP contribution in [0.2, 0.25) is 23.2 Å². The lowest BCUT2D eigenvalue weighted by Crippen LogP contribution is -2.40. The predicted molar refractivity (Wildman–Crippen MR) is 172 cm³/mol. The first-order valence-corrected chi connectivity index (χ1v) is 18.1. The molecule has 1 saturated heterocycles. The summed E-state index contributed by atoms with van der Waals surface area (Å²) in [5.74, 6) is 1.87. The number of alkyl carbamates (subject to hydrolysis) is 1. The van der Waals surface area contributed by atoms with E-state index in [1.807, 2.05) is 43.5 Å². The molecular weight excluding hydrogens is 566 g/mol. The van der Waals surface area contributed by atoms with Crippen molar-refractivity contribution in [3.8, 4) is 5.69 Å². The second-order valence-corrected chi connectivity index (χ2v) is 18.8. The summed E-state index contributed by atoms with van der Waals surface area (Å²) in [6.45, 7) is 19.0. The fourth-order valence-electron chi connectivity index (χ4n) is 4.84. The van der Waals surface area contributed by atoms with E-state index >= 15 is 0 Å². The molecule has 8 nitrogen and oxygen atoms in total. The molecule has 1 N–H and O–H groups in total. The number of aromatic nitrogens is 3. The molecular formula is C32H46ClN5O3Si. The first-order valence-electron chi connectivity index (χ1n) is 14.8. The normalized spacial score (nSPS) is 15.1. The van der Waals surface area contributed by atoms with E-state index in [9.17, 15) is 4.79 Å². The van der Waals surface area contributed by atoms with E-state index < -0.39 is 20.0 Å². The van der Waals surface area contributed by atoms with Gasteiger partial charge in [-0.15, -0.1) is 10.2 Å². The number of halogens is 1. The number of carbonyl (C=O) groups is 1. The Balaban J connectivity index is 1.67. The monoisotopic (exact) mass is 611 g/mol. The molecule has 1 aromatic heterocycles. The Kier molecular flexibility index (Phi) is 9.74. The van der Waals surface area contributed by atoms with E-state index in [2.05, 4.69) is 84.6 Å². The summed E-state index contributed by atoms with van der Waals surface area (Å²) < 4.78 is 14.2. The first kappa shape index (κ1) is 32.0. The summed E-state index contributed by atoms with van der Waals surface area (Å²) >= 11 is 6.52. The van der Waals surface area contributed by atoms with Gasteiger partial charge in [-0.25, -0.2) is 4.79 Å². The van der Waals surface area contributed by atoms with E-state index in [0.717, 1.165) is 43.1 Å². The molecule has 228 valence electrons. The molecule has 10 heteroatoms. The molecule has 0 radical (unpaired) electrons. The van der Waals surface area contributed by atoms with Crippen LogP contribution in [0.5, 0.6) is 0 Å². The van der Waals surface area contributed by atoms with Crippen LogP contribution in [0.1, 0.15) is 77.3 Å². The Morgan fingerprint density at radius 1 is 1.02 bits per heavy atom. The standard InChI is InChI=1S/C32H46ClN5O3Si/c1-31(2,3)41-30(39)34-21-28-35-36-29(37-18-16-24(17-19-37)23-12-10-9-11-13-23)38(28)27-15-14-26(33)20-25(27)22-40-42(7,8)32(4,5)6/h9-15,20,24H,16-19,21-22H2,1-8H3,(H,34,39). The minimum Gasteiger partial charge on any atom is -0.444 e. The third-order valence-electron chi connectivity index (χ3n) is 8.23. The van der Waals surface area contributed by atoms with Crippen LogP contribution in [-0.4, -0.2) is 47.9 Å². The number of benzene rings is 2. The maximum Gasteiger partial charge on any atom is 0.408 e. The molecule has 0 spiro atoms. The Hall–Kier alpha value is -2.88. The largest absolute Gasteiger partial charge is 0.444 e. The van der Waals surface area contributed by atoms with Gasteiger partial charge in [0.25, 0.3) is 0 Å². The van der Waals surface area contributed by atoms with Crippen molar-refractivity contribution in [3.05, 3.63) is 70.5 Å². The molecule has 0 atom stereocenters. The van der Waals surface area contributed by atoms with Gasteiger partial charge < -0.3 is 19.4 Å². The smallest absolute Gasteiger partial charge is 0.408 e. The van der Waals surface area contributed by atoms with Crippen LogP contribution in [-0.2, 0) is 22.3 Å². The molecule has 2 aromatic carbocycles. The van der Waals surface area contributed by atoms with Gasteiger partial charge in [0.1, 0.15) is 5.60 Å². The number of hydrogen-bond acceptors (Lipinski definition) is 6. The van der Waals surface area contributed by atoms with Gasteiger partial charge in [-0.05, 0) is 81.4 Å². The zero-order valence-corrected chi connectivity index (χ0v) is 28.1. The van der Waals surface area contributed by atoms with E-state index in [0.29, 0.717) is 23.4 Å². The summed E-state index contributed by atoms with van der Waals surface area (Å²) in [4.78, 5) is 14.8. The fraction of sp³-hybridized carbons (Fsp3) is 0.531. The third kappa shape index (κ3) is 7.93. The predicted octanol–water partition coefficient (Wildman–Crippen LogP) is 7.85. The lowest BCUT2D eigenvalue weighted by atomic mass is 9.90. The number of piperidine rings is 1. The quantitative estimate of drug-likeness (QED) is 0.261. The number of hydrogen-bond donors (Lipinski definition) is 1. The maximum absolute atomic E-state index is 12.5. The van der Waals surface area contributed by atoms with Gasteiger partial charge in [-0.1, -0.05) is 62.7 Å². The van der Waals surface area contributed by atoms with Crippen LogP contribution >= 0.6 is 11.6 Å².